The number of hydrogen-bond acceptors (Lipinski definition) is 1. The van der Waals surface area contributed by atoms with E-state index in [-0.39, 0.29) is 11.9 Å². The van der Waals surface area contributed by atoms with Gasteiger partial charge in [0.05, 0.1) is 6.04 Å². The first kappa shape index (κ1) is 19.5. The Morgan fingerprint density at radius 1 is 0.926 bits per heavy atom. The number of nitrogens with one attached hydrogen (secondary N) is 1. The lowest BCUT2D eigenvalue weighted by atomic mass is 9.97. The van der Waals surface area contributed by atoms with Gasteiger partial charge in [0.1, 0.15) is 0 Å². The molecule has 1 N–H and O–H groups in total. The van der Waals surface area contributed by atoms with Crippen LogP contribution in [0, 0.1) is 6.92 Å². The van der Waals surface area contributed by atoms with Crippen molar-refractivity contribution >= 4 is 29.1 Å². The van der Waals surface area contributed by atoms with Crippen LogP contribution in [0.5, 0.6) is 0 Å². The van der Waals surface area contributed by atoms with E-state index in [0.29, 0.717) is 22.9 Å². The van der Waals surface area contributed by atoms with E-state index in [1.54, 1.807) is 12.1 Å². The van der Waals surface area contributed by atoms with E-state index in [2.05, 4.69) is 36.5 Å². The minimum Gasteiger partial charge on any atom is -0.345 e. The maximum Gasteiger partial charge on any atom is 0.221 e. The summed E-state index contributed by atoms with van der Waals surface area (Å²) in [6.07, 6.45) is 0.924. The van der Waals surface area contributed by atoms with Crippen molar-refractivity contribution in [1.82, 2.24) is 5.32 Å². The van der Waals surface area contributed by atoms with Crippen LogP contribution in [0.15, 0.2) is 72.8 Å². The molecule has 1 atom stereocenters. The standard InChI is InChI=1S/C23H21Cl2NO/c1-16-7-9-19(10-8-16)23(18-5-3-2-4-6-18)26-22(27)14-12-17-11-13-20(24)15-21(17)25/h2-11,13,15,23H,12,14H2,1H3,(H,26,27)/t23-/m1/s1. The predicted molar refractivity (Wildman–Crippen MR) is 112 cm³/mol. The second-order valence-electron chi connectivity index (χ2n) is 6.56. The summed E-state index contributed by atoms with van der Waals surface area (Å²) in [6, 6.07) is 23.4. The van der Waals surface area contributed by atoms with Crippen LogP contribution in [-0.2, 0) is 11.2 Å². The summed E-state index contributed by atoms with van der Waals surface area (Å²) in [5.74, 6) is -0.0181. The summed E-state index contributed by atoms with van der Waals surface area (Å²) in [7, 11) is 0. The van der Waals surface area contributed by atoms with E-state index in [1.165, 1.54) is 5.56 Å². The summed E-state index contributed by atoms with van der Waals surface area (Å²) >= 11 is 12.1. The summed E-state index contributed by atoms with van der Waals surface area (Å²) in [6.45, 7) is 2.05. The van der Waals surface area contributed by atoms with Gasteiger partial charge in [0.25, 0.3) is 0 Å². The van der Waals surface area contributed by atoms with E-state index in [1.807, 2.05) is 36.4 Å². The Hall–Kier alpha value is -2.29. The van der Waals surface area contributed by atoms with Crippen molar-refractivity contribution in [3.8, 4) is 0 Å². The van der Waals surface area contributed by atoms with Gasteiger partial charge in [-0.15, -0.1) is 0 Å². The Bertz CT molecular complexity index is 907. The number of amides is 1. The Morgan fingerprint density at radius 2 is 1.59 bits per heavy atom. The molecule has 0 bridgehead atoms. The van der Waals surface area contributed by atoms with Crippen LogP contribution in [-0.4, -0.2) is 5.91 Å². The van der Waals surface area contributed by atoms with E-state index in [0.717, 1.165) is 16.7 Å². The lowest BCUT2D eigenvalue weighted by molar-refractivity contribution is -0.121. The third-order valence-corrected chi connectivity index (χ3v) is 5.07. The van der Waals surface area contributed by atoms with E-state index in [9.17, 15) is 4.79 Å². The second kappa shape index (κ2) is 9.07. The summed E-state index contributed by atoms with van der Waals surface area (Å²) in [4.78, 5) is 12.6. The smallest absolute Gasteiger partial charge is 0.221 e. The highest BCUT2D eigenvalue weighted by molar-refractivity contribution is 6.35. The first-order chi connectivity index (χ1) is 13.0. The SMILES string of the molecule is Cc1ccc([C@H](NC(=O)CCc2ccc(Cl)cc2Cl)c2ccccc2)cc1. The molecule has 0 spiro atoms. The van der Waals surface area contributed by atoms with E-state index in [4.69, 9.17) is 23.2 Å². The number of halogens is 2. The van der Waals surface area contributed by atoms with Gasteiger partial charge in [-0.25, -0.2) is 0 Å². The van der Waals surface area contributed by atoms with Crippen LogP contribution >= 0.6 is 23.2 Å². The van der Waals surface area contributed by atoms with Crippen molar-refractivity contribution < 1.29 is 4.79 Å². The third kappa shape index (κ3) is 5.35. The van der Waals surface area contributed by atoms with Crippen LogP contribution < -0.4 is 5.32 Å². The first-order valence-electron chi connectivity index (χ1n) is 8.88. The first-order valence-corrected chi connectivity index (χ1v) is 9.63. The van der Waals surface area contributed by atoms with Crippen LogP contribution in [0.3, 0.4) is 0 Å². The topological polar surface area (TPSA) is 29.1 Å². The third-order valence-electron chi connectivity index (χ3n) is 4.49. The van der Waals surface area contributed by atoms with Gasteiger partial charge in [-0.2, -0.15) is 0 Å². The fourth-order valence-electron chi connectivity index (χ4n) is 2.97. The normalized spacial score (nSPS) is 11.8. The molecule has 0 heterocycles. The summed E-state index contributed by atoms with van der Waals surface area (Å²) < 4.78 is 0. The molecule has 0 aliphatic heterocycles. The van der Waals surface area contributed by atoms with Crippen LogP contribution in [0.4, 0.5) is 0 Å². The Morgan fingerprint density at radius 3 is 2.26 bits per heavy atom. The van der Waals surface area contributed by atoms with Gasteiger partial charge in [-0.3, -0.25) is 4.79 Å². The lowest BCUT2D eigenvalue weighted by Gasteiger charge is -2.20. The highest BCUT2D eigenvalue weighted by Crippen LogP contribution is 2.24. The van der Waals surface area contributed by atoms with Crippen LogP contribution in [0.2, 0.25) is 10.0 Å². The quantitative estimate of drug-likeness (QED) is 0.531. The molecule has 0 aliphatic rings. The highest BCUT2D eigenvalue weighted by Gasteiger charge is 2.17. The minimum atomic E-state index is -0.181. The van der Waals surface area contributed by atoms with Crippen molar-refractivity contribution in [3.05, 3.63) is 105 Å². The van der Waals surface area contributed by atoms with Crippen molar-refractivity contribution in [2.45, 2.75) is 25.8 Å². The molecule has 27 heavy (non-hydrogen) atoms. The molecule has 1 amide bonds. The zero-order valence-corrected chi connectivity index (χ0v) is 16.6. The molecule has 2 nitrogen and oxygen atoms in total. The molecular weight excluding hydrogens is 377 g/mol. The van der Waals surface area contributed by atoms with Crippen LogP contribution in [0.25, 0.3) is 0 Å². The fraction of sp³-hybridized carbons (Fsp3) is 0.174. The maximum absolute atomic E-state index is 12.6. The van der Waals surface area contributed by atoms with Crippen LogP contribution in [0.1, 0.15) is 34.7 Å². The molecule has 138 valence electrons. The van der Waals surface area contributed by atoms with E-state index < -0.39 is 0 Å². The molecule has 3 aromatic carbocycles. The molecule has 0 saturated heterocycles. The zero-order valence-electron chi connectivity index (χ0n) is 15.1. The highest BCUT2D eigenvalue weighted by atomic mass is 35.5. The number of carbonyl (C=O) groups excluding carboxylic acids is 1. The van der Waals surface area contributed by atoms with Gasteiger partial charge in [0, 0.05) is 16.5 Å². The van der Waals surface area contributed by atoms with Crippen molar-refractivity contribution in [2.24, 2.45) is 0 Å². The van der Waals surface area contributed by atoms with Gasteiger partial charge in [0.15, 0.2) is 0 Å². The monoisotopic (exact) mass is 397 g/mol. The minimum absolute atomic E-state index is 0.0181. The molecule has 0 aromatic heterocycles. The number of carbonyl (C=O) groups is 1. The number of hydrogen-bond donors (Lipinski definition) is 1. The van der Waals surface area contributed by atoms with Gasteiger partial charge < -0.3 is 5.32 Å². The molecule has 0 aliphatic carbocycles. The van der Waals surface area contributed by atoms with Gasteiger partial charge >= 0.3 is 0 Å². The van der Waals surface area contributed by atoms with Gasteiger partial charge in [-0.1, -0.05) is 89.4 Å². The molecule has 0 saturated carbocycles. The lowest BCUT2D eigenvalue weighted by Crippen LogP contribution is -2.29. The summed E-state index contributed by atoms with van der Waals surface area (Å²) in [5, 5.41) is 4.35. The van der Waals surface area contributed by atoms with Crippen molar-refractivity contribution in [2.75, 3.05) is 0 Å². The number of aryl methyl sites for hydroxylation is 2. The molecular formula is C23H21Cl2NO. The number of rotatable bonds is 6. The number of benzene rings is 3. The largest absolute Gasteiger partial charge is 0.345 e. The summed E-state index contributed by atoms with van der Waals surface area (Å²) in [5.41, 5.74) is 4.22. The average Bonchev–Trinajstić information content (AvgIpc) is 2.67. The van der Waals surface area contributed by atoms with Crippen molar-refractivity contribution in [3.63, 3.8) is 0 Å². The molecule has 0 radical (unpaired) electrons. The Labute approximate surface area is 170 Å². The average molecular weight is 398 g/mol. The molecule has 4 heteroatoms. The Kier molecular flexibility index (Phi) is 6.54. The second-order valence-corrected chi connectivity index (χ2v) is 7.40. The molecule has 0 fully saturated rings. The molecule has 3 rings (SSSR count). The molecule has 0 unspecified atom stereocenters. The van der Waals surface area contributed by atoms with Gasteiger partial charge in [0.2, 0.25) is 5.91 Å². The van der Waals surface area contributed by atoms with Crippen molar-refractivity contribution in [1.29, 1.82) is 0 Å². The Balaban J connectivity index is 1.73. The zero-order chi connectivity index (χ0) is 19.2. The van der Waals surface area contributed by atoms with E-state index >= 15 is 0 Å². The maximum atomic E-state index is 12.6. The molecule has 3 aromatic rings. The van der Waals surface area contributed by atoms with Gasteiger partial charge in [-0.05, 0) is 42.2 Å². The fourth-order valence-corrected chi connectivity index (χ4v) is 3.47. The predicted octanol–water partition coefficient (Wildman–Crippen LogP) is 6.14.